The van der Waals surface area contributed by atoms with E-state index in [9.17, 15) is 0 Å². The predicted molar refractivity (Wildman–Crippen MR) is 594 cm³/mol. The van der Waals surface area contributed by atoms with Gasteiger partial charge in [0.2, 0.25) is 0 Å². The molecule has 0 aliphatic heterocycles. The van der Waals surface area contributed by atoms with Crippen molar-refractivity contribution in [3.8, 4) is 89.0 Å². The summed E-state index contributed by atoms with van der Waals surface area (Å²) in [5.74, 6) is 0. The maximum Gasteiger partial charge on any atom is 0.135 e. The normalized spacial score (nSPS) is 13.1. The van der Waals surface area contributed by atoms with Crippen molar-refractivity contribution in [3.05, 3.63) is 513 Å². The molecular weight excluding hydrogens is 1720 g/mol. The SMILES string of the molecule is CC1(C)c2cc(N(c3ccc(-c4ccccc4)cc3)c3ccc(-c4ccccc4)cc3)ccc2-c2ccc3oc4ccccc4c3c21.CC1(C)c2ccccc2-c2c1ccc1sc3c(N(c4ccc(-c5ccccc5)cc4)c4ccc(-c5ccccc5)cc4)cccc3c21.CC1(C)c2ccccc2-c2c1ccc1sc3c(N(c4ccccc4)c4ccc(-c5ccc6ccccc6c5)cc4)cccc3c21. The first-order valence-electron chi connectivity index (χ1n) is 48.2. The van der Waals surface area contributed by atoms with Gasteiger partial charge in [-0.1, -0.05) is 393 Å². The number of fused-ring (bicyclic) bond motifs is 22. The summed E-state index contributed by atoms with van der Waals surface area (Å²) in [6.45, 7) is 14.2. The predicted octanol–water partition coefficient (Wildman–Crippen LogP) is 38.5. The second-order valence-corrected chi connectivity index (χ2v) is 40.6. The molecule has 3 heterocycles. The van der Waals surface area contributed by atoms with Gasteiger partial charge in [0.05, 0.1) is 20.8 Å². The van der Waals surface area contributed by atoms with E-state index in [4.69, 9.17) is 4.42 Å². The van der Waals surface area contributed by atoms with Crippen LogP contribution in [0.15, 0.2) is 484 Å². The number of anilines is 9. The maximum absolute atomic E-state index is 6.32. The van der Waals surface area contributed by atoms with Crippen molar-refractivity contribution in [1.82, 2.24) is 0 Å². The summed E-state index contributed by atoms with van der Waals surface area (Å²) < 4.78 is 11.6. The molecule has 0 N–H and O–H groups in total. The van der Waals surface area contributed by atoms with Crippen molar-refractivity contribution in [1.29, 1.82) is 0 Å². The summed E-state index contributed by atoms with van der Waals surface area (Å²) in [5, 5.41) is 10.3. The Kier molecular flexibility index (Phi) is 20.7. The van der Waals surface area contributed by atoms with Crippen molar-refractivity contribution in [2.45, 2.75) is 57.8 Å². The van der Waals surface area contributed by atoms with Gasteiger partial charge in [-0.2, -0.15) is 0 Å². The molecule has 24 aromatic rings. The van der Waals surface area contributed by atoms with Crippen LogP contribution in [-0.2, 0) is 16.2 Å². The first kappa shape index (κ1) is 84.3. The highest BCUT2D eigenvalue weighted by molar-refractivity contribution is 7.27. The smallest absolute Gasteiger partial charge is 0.135 e. The highest BCUT2D eigenvalue weighted by atomic mass is 32.1. The summed E-state index contributed by atoms with van der Waals surface area (Å²) >= 11 is 3.81. The Morgan fingerprint density at radius 3 is 1.01 bits per heavy atom. The Bertz CT molecular complexity index is 8680. The number of nitrogens with zero attached hydrogens (tertiary/aromatic N) is 3. The quantitative estimate of drug-likeness (QED) is 0.108. The van der Waals surface area contributed by atoms with Gasteiger partial charge in [0, 0.05) is 97.8 Å². The molecule has 0 spiro atoms. The average molecular weight is 1820 g/mol. The van der Waals surface area contributed by atoms with Gasteiger partial charge >= 0.3 is 0 Å². The molecule has 3 aliphatic rings. The highest BCUT2D eigenvalue weighted by Gasteiger charge is 2.42. The number of para-hydroxylation sites is 2. The lowest BCUT2D eigenvalue weighted by Crippen LogP contribution is -2.17. The van der Waals surface area contributed by atoms with Crippen LogP contribution < -0.4 is 14.7 Å². The van der Waals surface area contributed by atoms with Gasteiger partial charge in [0.15, 0.2) is 0 Å². The summed E-state index contributed by atoms with van der Waals surface area (Å²) in [5.41, 5.74) is 40.6. The molecule has 0 saturated heterocycles. The van der Waals surface area contributed by atoms with Crippen LogP contribution in [0.4, 0.5) is 51.2 Å². The largest absolute Gasteiger partial charge is 0.456 e. The summed E-state index contributed by atoms with van der Waals surface area (Å²) in [6, 6.07) is 174. The van der Waals surface area contributed by atoms with Crippen LogP contribution in [0.2, 0.25) is 0 Å². The van der Waals surface area contributed by atoms with Crippen LogP contribution in [0, 0.1) is 0 Å². The third-order valence-corrected chi connectivity index (χ3v) is 31.8. The lowest BCUT2D eigenvalue weighted by Gasteiger charge is -2.28. The molecule has 0 unspecified atom stereocenters. The number of benzene rings is 21. The molecule has 27 rings (SSSR count). The second-order valence-electron chi connectivity index (χ2n) is 38.5. The van der Waals surface area contributed by atoms with Crippen LogP contribution >= 0.6 is 22.7 Å². The number of rotatable bonds is 14. The number of hydrogen-bond donors (Lipinski definition) is 0. The zero-order chi connectivity index (χ0) is 93.2. The molecular formula is C133H97N3OS2. The fraction of sp³-hybridized carbons (Fsp3) is 0.0677. The molecule has 0 fully saturated rings. The topological polar surface area (TPSA) is 22.9 Å². The standard InChI is InChI=1S/C45H33NO.C45H33NS.C43H31NS/c1-45(2)40-29-36(25-26-37(40)38-27-28-42-43(44(38)45)39-15-9-10-16-41(39)47-42)46(34-21-17-32(18-22-34)30-11-5-3-6-12-30)35-23-19-33(20-24-35)31-13-7-4-8-14-31;1-45(2)38-18-10-9-16-36(38)42-39(45)28-29-41-43(42)37-17-11-19-40(44(37)47-41)46(34-24-20-32(21-25-34)30-12-5-3-6-13-30)35-26-22-33(23-27-35)31-14-7-4-8-15-31;1-43(2)36-17-9-8-15-34(36)40-37(43)25-26-39-41(40)35-16-10-18-38(42(35)45-39)44(32-13-4-3-5-14-32)33-23-21-29(22-24-33)31-20-19-28-11-6-7-12-30(28)27-31/h2*3-29H,1-2H3;3-27H,1-2H3. The van der Waals surface area contributed by atoms with Gasteiger partial charge in [0.1, 0.15) is 11.2 Å². The van der Waals surface area contributed by atoms with Gasteiger partial charge in [-0.15, -0.1) is 22.7 Å². The monoisotopic (exact) mass is 1820 g/mol. The molecule has 0 amide bonds. The lowest BCUT2D eigenvalue weighted by atomic mass is 9.80. The van der Waals surface area contributed by atoms with Crippen LogP contribution in [-0.4, -0.2) is 0 Å². The minimum Gasteiger partial charge on any atom is -0.456 e. The Labute approximate surface area is 819 Å². The summed E-state index contributed by atoms with van der Waals surface area (Å²) in [6.07, 6.45) is 0. The van der Waals surface area contributed by atoms with E-state index in [1.54, 1.807) is 0 Å². The van der Waals surface area contributed by atoms with E-state index in [0.717, 1.165) is 51.0 Å². The van der Waals surface area contributed by atoms with E-state index in [2.05, 4.69) is 529 Å². The van der Waals surface area contributed by atoms with E-state index in [-0.39, 0.29) is 16.2 Å². The molecule has 4 nitrogen and oxygen atoms in total. The Balaban J connectivity index is 0.000000110. The van der Waals surface area contributed by atoms with Crippen molar-refractivity contribution in [2.24, 2.45) is 0 Å². The summed E-state index contributed by atoms with van der Waals surface area (Å²) in [4.78, 5) is 7.23. The average Bonchev–Trinajstić information content (AvgIpc) is 1.55. The minimum atomic E-state index is -0.215. The minimum absolute atomic E-state index is 0.0190. The zero-order valence-corrected chi connectivity index (χ0v) is 79.8. The highest BCUT2D eigenvalue weighted by Crippen LogP contribution is 2.60. The molecule has 6 heteroatoms. The Morgan fingerprint density at radius 1 is 0.201 bits per heavy atom. The van der Waals surface area contributed by atoms with E-state index < -0.39 is 0 Å². The number of furan rings is 1. The van der Waals surface area contributed by atoms with Crippen molar-refractivity contribution in [3.63, 3.8) is 0 Å². The molecule has 139 heavy (non-hydrogen) atoms. The molecule has 662 valence electrons. The van der Waals surface area contributed by atoms with Gasteiger partial charge in [0.25, 0.3) is 0 Å². The molecule has 21 aromatic carbocycles. The van der Waals surface area contributed by atoms with Crippen LogP contribution in [0.5, 0.6) is 0 Å². The van der Waals surface area contributed by atoms with E-state index in [0.29, 0.717) is 0 Å². The lowest BCUT2D eigenvalue weighted by molar-refractivity contribution is 0.657. The molecule has 0 bridgehead atoms. The van der Waals surface area contributed by atoms with Gasteiger partial charge < -0.3 is 19.1 Å². The first-order chi connectivity index (χ1) is 68.2. The van der Waals surface area contributed by atoms with Crippen LogP contribution in [0.1, 0.15) is 74.9 Å². The van der Waals surface area contributed by atoms with Gasteiger partial charge in [-0.3, -0.25) is 0 Å². The fourth-order valence-electron chi connectivity index (χ4n) is 22.5. The van der Waals surface area contributed by atoms with E-state index >= 15 is 0 Å². The Morgan fingerprint density at radius 2 is 0.554 bits per heavy atom. The number of hydrogen-bond acceptors (Lipinski definition) is 6. The molecule has 3 aliphatic carbocycles. The zero-order valence-electron chi connectivity index (χ0n) is 78.2. The molecule has 0 atom stereocenters. The van der Waals surface area contributed by atoms with Gasteiger partial charge in [-0.05, 0) is 261 Å². The van der Waals surface area contributed by atoms with E-state index in [1.807, 2.05) is 28.7 Å². The Hall–Kier alpha value is -16.5. The summed E-state index contributed by atoms with van der Waals surface area (Å²) in [7, 11) is 0. The second kappa shape index (κ2) is 34.1. The molecule has 0 radical (unpaired) electrons. The number of thiophene rings is 2. The molecule has 0 saturated carbocycles. The van der Waals surface area contributed by atoms with E-state index in [1.165, 1.54) is 196 Å². The van der Waals surface area contributed by atoms with Gasteiger partial charge in [-0.25, -0.2) is 0 Å². The maximum atomic E-state index is 6.32. The van der Waals surface area contributed by atoms with Crippen molar-refractivity contribution < 1.29 is 4.42 Å². The van der Waals surface area contributed by atoms with Crippen molar-refractivity contribution in [2.75, 3.05) is 14.7 Å². The third kappa shape index (κ3) is 14.5. The van der Waals surface area contributed by atoms with Crippen LogP contribution in [0.3, 0.4) is 0 Å². The van der Waals surface area contributed by atoms with Crippen LogP contribution in [0.25, 0.3) is 162 Å². The van der Waals surface area contributed by atoms with Crippen molar-refractivity contribution >= 4 is 147 Å². The molecule has 3 aromatic heterocycles. The fourth-order valence-corrected chi connectivity index (χ4v) is 24.9. The third-order valence-electron chi connectivity index (χ3n) is 29.4. The first-order valence-corrected chi connectivity index (χ1v) is 49.8.